The number of rotatable bonds is 9. The number of fused-ring (bicyclic) bond motifs is 1. The number of aryl methyl sites for hydroxylation is 2. The first-order valence-corrected chi connectivity index (χ1v) is 13.5. The molecule has 0 atom stereocenters. The summed E-state index contributed by atoms with van der Waals surface area (Å²) in [6.45, 7) is 4.69. The SMILES string of the molecule is Cc1cccc(C)c1OCc1noc(C2CCC2)c1COc1ccc(-c2nc(C(=O)O)cc3ccccc23)cc1. The molecule has 1 aliphatic carbocycles. The third kappa shape index (κ3) is 5.02. The number of hydrogen-bond acceptors (Lipinski definition) is 6. The highest BCUT2D eigenvalue weighted by Crippen LogP contribution is 2.39. The van der Waals surface area contributed by atoms with E-state index in [0.29, 0.717) is 30.6 Å². The molecule has 0 bridgehead atoms. The zero-order valence-corrected chi connectivity index (χ0v) is 22.5. The number of carboxylic acids is 1. The third-order valence-electron chi connectivity index (χ3n) is 7.61. The van der Waals surface area contributed by atoms with Crippen LogP contribution < -0.4 is 9.47 Å². The normalized spacial score (nSPS) is 13.2. The Labute approximate surface area is 232 Å². The molecule has 1 N–H and O–H groups in total. The Kier molecular flexibility index (Phi) is 6.95. The molecule has 1 aliphatic rings. The summed E-state index contributed by atoms with van der Waals surface area (Å²) in [6.07, 6.45) is 3.36. The number of aromatic carboxylic acids is 1. The Bertz CT molecular complexity index is 1670. The summed E-state index contributed by atoms with van der Waals surface area (Å²) in [6, 6.07) is 22.9. The van der Waals surface area contributed by atoms with Gasteiger partial charge in [0.25, 0.3) is 0 Å². The highest BCUT2D eigenvalue weighted by Gasteiger charge is 2.29. The van der Waals surface area contributed by atoms with Crippen LogP contribution in [0.1, 0.15) is 63.8 Å². The van der Waals surface area contributed by atoms with Crippen LogP contribution in [0.15, 0.2) is 77.3 Å². The van der Waals surface area contributed by atoms with Crippen molar-refractivity contribution in [3.8, 4) is 22.8 Å². The van der Waals surface area contributed by atoms with E-state index in [0.717, 1.165) is 63.1 Å². The maximum absolute atomic E-state index is 11.7. The maximum atomic E-state index is 11.7. The summed E-state index contributed by atoms with van der Waals surface area (Å²) in [5.74, 6) is 1.75. The van der Waals surface area contributed by atoms with Crippen LogP contribution in [-0.4, -0.2) is 21.2 Å². The van der Waals surface area contributed by atoms with Gasteiger partial charge in [-0.15, -0.1) is 0 Å². The zero-order valence-electron chi connectivity index (χ0n) is 22.5. The van der Waals surface area contributed by atoms with Crippen molar-refractivity contribution in [1.82, 2.24) is 10.1 Å². The lowest BCUT2D eigenvalue weighted by molar-refractivity contribution is 0.0691. The van der Waals surface area contributed by atoms with Gasteiger partial charge in [-0.3, -0.25) is 0 Å². The molecule has 6 rings (SSSR count). The minimum Gasteiger partial charge on any atom is -0.489 e. The Morgan fingerprint density at radius 2 is 1.70 bits per heavy atom. The molecule has 0 saturated heterocycles. The van der Waals surface area contributed by atoms with Crippen molar-refractivity contribution >= 4 is 16.7 Å². The number of ether oxygens (including phenoxy) is 2. The van der Waals surface area contributed by atoms with Gasteiger partial charge < -0.3 is 19.1 Å². The van der Waals surface area contributed by atoms with Crippen LogP contribution in [0.2, 0.25) is 0 Å². The van der Waals surface area contributed by atoms with Gasteiger partial charge in [0.2, 0.25) is 0 Å². The van der Waals surface area contributed by atoms with Crippen molar-refractivity contribution in [2.45, 2.75) is 52.2 Å². The molecular formula is C33H30N2O5. The van der Waals surface area contributed by atoms with Crippen LogP contribution in [0.25, 0.3) is 22.0 Å². The lowest BCUT2D eigenvalue weighted by Gasteiger charge is -2.23. The molecule has 0 unspecified atom stereocenters. The highest BCUT2D eigenvalue weighted by atomic mass is 16.5. The summed E-state index contributed by atoms with van der Waals surface area (Å²) in [5, 5.41) is 15.6. The Morgan fingerprint density at radius 3 is 2.40 bits per heavy atom. The molecule has 0 aliphatic heterocycles. The number of hydrogen-bond donors (Lipinski definition) is 1. The minimum absolute atomic E-state index is 0.0145. The molecule has 202 valence electrons. The summed E-state index contributed by atoms with van der Waals surface area (Å²) in [4.78, 5) is 16.1. The fraction of sp³-hybridized carbons (Fsp3) is 0.242. The van der Waals surface area contributed by atoms with Crippen molar-refractivity contribution in [1.29, 1.82) is 0 Å². The van der Waals surface area contributed by atoms with Crippen molar-refractivity contribution in [3.05, 3.63) is 107 Å². The molecule has 40 heavy (non-hydrogen) atoms. The first kappa shape index (κ1) is 25.6. The highest BCUT2D eigenvalue weighted by molar-refractivity contribution is 5.99. The number of aromatic nitrogens is 2. The average molecular weight is 535 g/mol. The number of para-hydroxylation sites is 1. The lowest BCUT2D eigenvalue weighted by Crippen LogP contribution is -2.12. The van der Waals surface area contributed by atoms with Gasteiger partial charge in [-0.1, -0.05) is 54.0 Å². The van der Waals surface area contributed by atoms with Crippen LogP contribution in [0.4, 0.5) is 0 Å². The predicted octanol–water partition coefficient (Wildman–Crippen LogP) is 7.63. The van der Waals surface area contributed by atoms with Gasteiger partial charge in [-0.05, 0) is 73.5 Å². The fourth-order valence-corrected chi connectivity index (χ4v) is 5.18. The van der Waals surface area contributed by atoms with Crippen molar-refractivity contribution in [2.24, 2.45) is 0 Å². The van der Waals surface area contributed by atoms with Crippen molar-refractivity contribution < 1.29 is 23.9 Å². The Morgan fingerprint density at radius 1 is 0.950 bits per heavy atom. The van der Waals surface area contributed by atoms with E-state index < -0.39 is 5.97 Å². The average Bonchev–Trinajstić information content (AvgIpc) is 3.32. The van der Waals surface area contributed by atoms with E-state index in [9.17, 15) is 9.90 Å². The zero-order chi connectivity index (χ0) is 27.6. The van der Waals surface area contributed by atoms with Gasteiger partial charge in [-0.25, -0.2) is 9.78 Å². The monoisotopic (exact) mass is 534 g/mol. The molecule has 3 aromatic carbocycles. The second-order valence-electron chi connectivity index (χ2n) is 10.3. The molecule has 2 heterocycles. The van der Waals surface area contributed by atoms with E-state index in [4.69, 9.17) is 14.0 Å². The summed E-state index contributed by atoms with van der Waals surface area (Å²) in [7, 11) is 0. The molecule has 2 aromatic heterocycles. The quantitative estimate of drug-likeness (QED) is 0.208. The first-order chi connectivity index (χ1) is 19.5. The van der Waals surface area contributed by atoms with Gasteiger partial charge in [0, 0.05) is 16.9 Å². The number of benzene rings is 3. The van der Waals surface area contributed by atoms with Gasteiger partial charge in [-0.2, -0.15) is 0 Å². The fourth-order valence-electron chi connectivity index (χ4n) is 5.18. The second kappa shape index (κ2) is 10.8. The number of nitrogens with zero attached hydrogens (tertiary/aromatic N) is 2. The standard InChI is InChI=1S/C33H30N2O5/c1-20-7-5-8-21(2)31(20)39-19-29-27(32(40-35-29)23-10-6-11-23)18-38-25-15-13-22(14-16-25)30-26-12-4-3-9-24(26)17-28(34-30)33(36)37/h3-5,7-9,12-17,23H,6,10-11,18-19H2,1-2H3,(H,36,37). The molecule has 0 spiro atoms. The van der Waals surface area contributed by atoms with E-state index in [-0.39, 0.29) is 5.69 Å². The molecule has 7 nitrogen and oxygen atoms in total. The van der Waals surface area contributed by atoms with Crippen molar-refractivity contribution in [3.63, 3.8) is 0 Å². The Hall–Kier alpha value is -4.65. The van der Waals surface area contributed by atoms with E-state index in [2.05, 4.69) is 10.1 Å². The molecule has 1 saturated carbocycles. The van der Waals surface area contributed by atoms with Gasteiger partial charge in [0.15, 0.2) is 0 Å². The van der Waals surface area contributed by atoms with Crippen LogP contribution in [0.3, 0.4) is 0 Å². The second-order valence-corrected chi connectivity index (χ2v) is 10.3. The number of carboxylic acid groups (broad SMARTS) is 1. The first-order valence-electron chi connectivity index (χ1n) is 13.5. The summed E-state index contributed by atoms with van der Waals surface area (Å²) >= 11 is 0. The Balaban J connectivity index is 1.23. The maximum Gasteiger partial charge on any atom is 0.354 e. The van der Waals surface area contributed by atoms with Crippen LogP contribution in [0.5, 0.6) is 11.5 Å². The minimum atomic E-state index is -1.06. The molecule has 0 radical (unpaired) electrons. The molecular weight excluding hydrogens is 504 g/mol. The smallest absolute Gasteiger partial charge is 0.354 e. The van der Waals surface area contributed by atoms with E-state index in [1.54, 1.807) is 6.07 Å². The van der Waals surface area contributed by atoms with E-state index in [1.165, 1.54) is 6.42 Å². The lowest BCUT2D eigenvalue weighted by atomic mass is 9.82. The number of carbonyl (C=O) groups is 1. The topological polar surface area (TPSA) is 94.7 Å². The largest absolute Gasteiger partial charge is 0.489 e. The molecule has 0 amide bonds. The third-order valence-corrected chi connectivity index (χ3v) is 7.61. The summed E-state index contributed by atoms with van der Waals surface area (Å²) < 4.78 is 18.2. The van der Waals surface area contributed by atoms with Crippen LogP contribution >= 0.6 is 0 Å². The molecule has 5 aromatic rings. The van der Waals surface area contributed by atoms with Gasteiger partial charge in [0.05, 0.1) is 11.3 Å². The van der Waals surface area contributed by atoms with Crippen LogP contribution in [-0.2, 0) is 13.2 Å². The number of pyridine rings is 1. The summed E-state index contributed by atoms with van der Waals surface area (Å²) in [5.41, 5.74) is 5.31. The predicted molar refractivity (Wildman–Crippen MR) is 152 cm³/mol. The van der Waals surface area contributed by atoms with Gasteiger partial charge >= 0.3 is 5.97 Å². The van der Waals surface area contributed by atoms with E-state index >= 15 is 0 Å². The van der Waals surface area contributed by atoms with Gasteiger partial charge in [0.1, 0.15) is 41.9 Å². The molecule has 1 fully saturated rings. The van der Waals surface area contributed by atoms with Crippen molar-refractivity contribution in [2.75, 3.05) is 0 Å². The van der Waals surface area contributed by atoms with Crippen LogP contribution in [0, 0.1) is 13.8 Å². The van der Waals surface area contributed by atoms with E-state index in [1.807, 2.05) is 80.6 Å². The molecule has 7 heteroatoms.